The summed E-state index contributed by atoms with van der Waals surface area (Å²) in [6.45, 7) is 4.31. The van der Waals surface area contributed by atoms with Gasteiger partial charge in [-0.1, -0.05) is 22.9 Å². The van der Waals surface area contributed by atoms with Crippen molar-refractivity contribution in [2.45, 2.75) is 18.2 Å². The third-order valence-electron chi connectivity index (χ3n) is 3.03. The van der Waals surface area contributed by atoms with E-state index in [-0.39, 0.29) is 0 Å². The van der Waals surface area contributed by atoms with Gasteiger partial charge in [0.15, 0.2) is 0 Å². The van der Waals surface area contributed by atoms with Gasteiger partial charge in [0.25, 0.3) is 0 Å². The minimum absolute atomic E-state index is 0.530. The van der Waals surface area contributed by atoms with Gasteiger partial charge in [-0.05, 0) is 12.3 Å². The standard InChI is InChI=1S/C11H16BrN3O/c1-8-3-4-15(6-9(8)12)10-5-11(16-2)14-7-13-10/h5,7-9H,3-4,6H2,1-2H3. The molecule has 0 aliphatic carbocycles. The van der Waals surface area contributed by atoms with Crippen LogP contribution in [0.25, 0.3) is 0 Å². The number of halogens is 1. The quantitative estimate of drug-likeness (QED) is 0.780. The largest absolute Gasteiger partial charge is 0.481 e. The summed E-state index contributed by atoms with van der Waals surface area (Å²) in [6, 6.07) is 1.88. The predicted octanol–water partition coefficient (Wildman–Crippen LogP) is 2.09. The van der Waals surface area contributed by atoms with Crippen molar-refractivity contribution in [2.75, 3.05) is 25.1 Å². The maximum atomic E-state index is 5.10. The monoisotopic (exact) mass is 285 g/mol. The number of piperidine rings is 1. The number of rotatable bonds is 2. The van der Waals surface area contributed by atoms with Gasteiger partial charge in [0.05, 0.1) is 7.11 Å². The van der Waals surface area contributed by atoms with Crippen LogP contribution in [0.1, 0.15) is 13.3 Å². The van der Waals surface area contributed by atoms with Gasteiger partial charge < -0.3 is 9.64 Å². The van der Waals surface area contributed by atoms with Gasteiger partial charge in [0, 0.05) is 24.0 Å². The molecule has 1 aromatic rings. The van der Waals surface area contributed by atoms with E-state index in [9.17, 15) is 0 Å². The molecule has 1 aliphatic heterocycles. The molecule has 0 aromatic carbocycles. The molecular formula is C11H16BrN3O. The lowest BCUT2D eigenvalue weighted by Gasteiger charge is -2.34. The average molecular weight is 286 g/mol. The maximum Gasteiger partial charge on any atom is 0.218 e. The molecule has 0 bridgehead atoms. The Hall–Kier alpha value is -0.840. The minimum Gasteiger partial charge on any atom is -0.481 e. The van der Waals surface area contributed by atoms with Crippen molar-refractivity contribution in [3.8, 4) is 5.88 Å². The van der Waals surface area contributed by atoms with Crippen molar-refractivity contribution in [3.05, 3.63) is 12.4 Å². The van der Waals surface area contributed by atoms with E-state index in [1.54, 1.807) is 13.4 Å². The normalized spacial score (nSPS) is 25.6. The summed E-state index contributed by atoms with van der Waals surface area (Å²) in [5.41, 5.74) is 0. The second-order valence-corrected chi connectivity index (χ2v) is 5.32. The second kappa shape index (κ2) is 4.99. The number of anilines is 1. The van der Waals surface area contributed by atoms with Crippen molar-refractivity contribution in [2.24, 2.45) is 5.92 Å². The van der Waals surface area contributed by atoms with E-state index in [0.717, 1.165) is 24.8 Å². The highest BCUT2D eigenvalue weighted by molar-refractivity contribution is 9.09. The first-order valence-corrected chi connectivity index (χ1v) is 6.37. The van der Waals surface area contributed by atoms with Gasteiger partial charge in [-0.2, -0.15) is 0 Å². The molecule has 4 nitrogen and oxygen atoms in total. The third-order valence-corrected chi connectivity index (χ3v) is 4.22. The minimum atomic E-state index is 0.530. The van der Waals surface area contributed by atoms with Crippen molar-refractivity contribution in [3.63, 3.8) is 0 Å². The SMILES string of the molecule is COc1cc(N2CCC(C)C(Br)C2)ncn1. The number of hydrogen-bond acceptors (Lipinski definition) is 4. The zero-order chi connectivity index (χ0) is 11.5. The van der Waals surface area contributed by atoms with Gasteiger partial charge in [-0.25, -0.2) is 9.97 Å². The fourth-order valence-electron chi connectivity index (χ4n) is 1.84. The van der Waals surface area contributed by atoms with Crippen LogP contribution in [0.3, 0.4) is 0 Å². The van der Waals surface area contributed by atoms with E-state index in [0.29, 0.717) is 10.7 Å². The summed E-state index contributed by atoms with van der Waals surface area (Å²) in [5.74, 6) is 2.29. The molecule has 0 amide bonds. The summed E-state index contributed by atoms with van der Waals surface area (Å²) in [7, 11) is 1.62. The summed E-state index contributed by atoms with van der Waals surface area (Å²) in [4.78, 5) is 11.1. The molecule has 1 fully saturated rings. The van der Waals surface area contributed by atoms with E-state index in [2.05, 4.69) is 37.7 Å². The van der Waals surface area contributed by atoms with E-state index >= 15 is 0 Å². The predicted molar refractivity (Wildman–Crippen MR) is 67.3 cm³/mol. The first kappa shape index (κ1) is 11.6. The van der Waals surface area contributed by atoms with Crippen LogP contribution in [-0.4, -0.2) is 35.0 Å². The average Bonchev–Trinajstić information content (AvgIpc) is 2.33. The van der Waals surface area contributed by atoms with Gasteiger partial charge in [-0.15, -0.1) is 0 Å². The number of ether oxygens (including phenoxy) is 1. The molecule has 2 unspecified atom stereocenters. The fraction of sp³-hybridized carbons (Fsp3) is 0.636. The molecule has 0 radical (unpaired) electrons. The highest BCUT2D eigenvalue weighted by Gasteiger charge is 2.24. The first-order chi connectivity index (χ1) is 7.70. The number of nitrogens with zero attached hydrogens (tertiary/aromatic N) is 3. The molecule has 2 rings (SSSR count). The Morgan fingerprint density at radius 1 is 1.50 bits per heavy atom. The van der Waals surface area contributed by atoms with Crippen LogP contribution in [0.4, 0.5) is 5.82 Å². The van der Waals surface area contributed by atoms with Gasteiger partial charge in [0.1, 0.15) is 12.1 Å². The summed E-state index contributed by atoms with van der Waals surface area (Å²) in [5, 5.41) is 0. The first-order valence-electron chi connectivity index (χ1n) is 5.45. The lowest BCUT2D eigenvalue weighted by atomic mass is 9.99. The van der Waals surface area contributed by atoms with Crippen LogP contribution >= 0.6 is 15.9 Å². The fourth-order valence-corrected chi connectivity index (χ4v) is 2.46. The van der Waals surface area contributed by atoms with Gasteiger partial charge in [-0.3, -0.25) is 0 Å². The number of aromatic nitrogens is 2. The Morgan fingerprint density at radius 2 is 2.31 bits per heavy atom. The summed E-state index contributed by atoms with van der Waals surface area (Å²) >= 11 is 3.71. The highest BCUT2D eigenvalue weighted by atomic mass is 79.9. The smallest absolute Gasteiger partial charge is 0.218 e. The summed E-state index contributed by atoms with van der Waals surface area (Å²) < 4.78 is 5.10. The van der Waals surface area contributed by atoms with Crippen molar-refractivity contribution < 1.29 is 4.74 Å². The lowest BCUT2D eigenvalue weighted by Crippen LogP contribution is -2.40. The van der Waals surface area contributed by atoms with Crippen LogP contribution in [0.2, 0.25) is 0 Å². The van der Waals surface area contributed by atoms with Crippen molar-refractivity contribution >= 4 is 21.7 Å². The highest BCUT2D eigenvalue weighted by Crippen LogP contribution is 2.27. The van der Waals surface area contributed by atoms with E-state index in [1.807, 2.05) is 6.07 Å². The van der Waals surface area contributed by atoms with E-state index in [1.165, 1.54) is 6.42 Å². The Balaban J connectivity index is 2.12. The molecule has 0 saturated carbocycles. The molecule has 1 aromatic heterocycles. The zero-order valence-corrected chi connectivity index (χ0v) is 11.1. The van der Waals surface area contributed by atoms with Crippen LogP contribution < -0.4 is 9.64 Å². The topological polar surface area (TPSA) is 38.2 Å². The molecule has 88 valence electrons. The third kappa shape index (κ3) is 2.45. The maximum absolute atomic E-state index is 5.10. The van der Waals surface area contributed by atoms with Crippen LogP contribution in [0.5, 0.6) is 5.88 Å². The molecule has 0 N–H and O–H groups in total. The van der Waals surface area contributed by atoms with Crippen LogP contribution in [0.15, 0.2) is 12.4 Å². The summed E-state index contributed by atoms with van der Waals surface area (Å²) in [6.07, 6.45) is 2.73. The van der Waals surface area contributed by atoms with E-state index in [4.69, 9.17) is 4.74 Å². The second-order valence-electron chi connectivity index (χ2n) is 4.15. The lowest BCUT2D eigenvalue weighted by molar-refractivity contribution is 0.396. The Morgan fingerprint density at radius 3 is 3.00 bits per heavy atom. The number of methoxy groups -OCH3 is 1. The Labute approximate surface area is 104 Å². The van der Waals surface area contributed by atoms with Crippen molar-refractivity contribution in [1.82, 2.24) is 9.97 Å². The van der Waals surface area contributed by atoms with Gasteiger partial charge in [0.2, 0.25) is 5.88 Å². The molecule has 2 atom stereocenters. The van der Waals surface area contributed by atoms with Crippen molar-refractivity contribution in [1.29, 1.82) is 0 Å². The zero-order valence-electron chi connectivity index (χ0n) is 9.56. The molecule has 2 heterocycles. The van der Waals surface area contributed by atoms with E-state index < -0.39 is 0 Å². The van der Waals surface area contributed by atoms with Crippen LogP contribution in [0, 0.1) is 5.92 Å². The Bertz CT molecular complexity index is 361. The van der Waals surface area contributed by atoms with Crippen LogP contribution in [-0.2, 0) is 0 Å². The number of hydrogen-bond donors (Lipinski definition) is 0. The Kier molecular flexibility index (Phi) is 3.63. The molecule has 5 heteroatoms. The van der Waals surface area contributed by atoms with Gasteiger partial charge >= 0.3 is 0 Å². The molecule has 16 heavy (non-hydrogen) atoms. The molecule has 1 saturated heterocycles. The molecular weight excluding hydrogens is 270 g/mol. The number of alkyl halides is 1. The molecule has 1 aliphatic rings. The molecule has 0 spiro atoms.